The Hall–Kier alpha value is -0.630. The van der Waals surface area contributed by atoms with Crippen molar-refractivity contribution in [2.24, 2.45) is 0 Å². The van der Waals surface area contributed by atoms with Crippen LogP contribution in [0.5, 0.6) is 0 Å². The molecule has 0 amide bonds. The molecule has 1 aliphatic carbocycles. The molecule has 0 aromatic carbocycles. The fourth-order valence-corrected chi connectivity index (χ4v) is 2.99. The highest BCUT2D eigenvalue weighted by Gasteiger charge is 2.21. The second-order valence-electron chi connectivity index (χ2n) is 3.42. The molecule has 0 atom stereocenters. The zero-order valence-electron chi connectivity index (χ0n) is 8.18. The third-order valence-electron chi connectivity index (χ3n) is 2.61. The van der Waals surface area contributed by atoms with Gasteiger partial charge in [0.05, 0.1) is 5.88 Å². The van der Waals surface area contributed by atoms with Crippen LogP contribution in [0.4, 0.5) is 0 Å². The maximum absolute atomic E-state index is 3.44. The molecule has 0 spiro atoms. The van der Waals surface area contributed by atoms with Gasteiger partial charge in [-0.1, -0.05) is 12.2 Å². The minimum atomic E-state index is 1.06. The van der Waals surface area contributed by atoms with Gasteiger partial charge in [-0.25, -0.2) is 0 Å². The van der Waals surface area contributed by atoms with Gasteiger partial charge in [-0.05, 0) is 37.8 Å². The van der Waals surface area contributed by atoms with E-state index in [1.54, 1.807) is 0 Å². The first-order valence-corrected chi connectivity index (χ1v) is 5.74. The number of hydrogen-bond donors (Lipinski definition) is 1. The van der Waals surface area contributed by atoms with Crippen LogP contribution in [0.3, 0.4) is 0 Å². The first kappa shape index (κ1) is 8.95. The van der Waals surface area contributed by atoms with Crippen LogP contribution in [0.15, 0.2) is 33.9 Å². The zero-order valence-corrected chi connectivity index (χ0v) is 9.00. The molecule has 1 nitrogen and oxygen atoms in total. The lowest BCUT2D eigenvalue weighted by atomic mass is 9.96. The van der Waals surface area contributed by atoms with E-state index in [0.717, 1.165) is 5.88 Å². The molecule has 2 heteroatoms. The topological polar surface area (TPSA) is 12.0 Å². The Bertz CT molecular complexity index is 310. The van der Waals surface area contributed by atoms with Crippen molar-refractivity contribution in [1.29, 1.82) is 0 Å². The van der Waals surface area contributed by atoms with E-state index in [9.17, 15) is 0 Å². The monoisotopic (exact) mass is 193 g/mol. The molecule has 2 rings (SSSR count). The molecule has 0 saturated carbocycles. The van der Waals surface area contributed by atoms with E-state index in [1.807, 2.05) is 11.8 Å². The van der Waals surface area contributed by atoms with Crippen LogP contribution >= 0.6 is 11.8 Å². The Morgan fingerprint density at radius 1 is 1.38 bits per heavy atom. The van der Waals surface area contributed by atoms with Crippen LogP contribution in [-0.2, 0) is 0 Å². The molecule has 70 valence electrons. The largest absolute Gasteiger partial charge is 0.378 e. The van der Waals surface area contributed by atoms with E-state index in [4.69, 9.17) is 0 Å². The molecule has 0 bridgehead atoms. The van der Waals surface area contributed by atoms with Crippen LogP contribution in [0.25, 0.3) is 0 Å². The number of nitrogens with one attached hydrogen (secondary N) is 1. The average molecular weight is 193 g/mol. The minimum absolute atomic E-state index is 1.06. The second kappa shape index (κ2) is 3.62. The summed E-state index contributed by atoms with van der Waals surface area (Å²) in [7, 11) is 0. The van der Waals surface area contributed by atoms with Crippen molar-refractivity contribution in [2.45, 2.75) is 26.7 Å². The van der Waals surface area contributed by atoms with E-state index in [2.05, 4.69) is 31.3 Å². The SMILES string of the molecule is C/C=C\C1=C(C)C2=C(CC1)NCS2. The first-order valence-electron chi connectivity index (χ1n) is 4.75. The number of hydrogen-bond acceptors (Lipinski definition) is 2. The lowest BCUT2D eigenvalue weighted by molar-refractivity contribution is 0.813. The van der Waals surface area contributed by atoms with Crippen molar-refractivity contribution in [3.05, 3.63) is 33.9 Å². The highest BCUT2D eigenvalue weighted by Crippen LogP contribution is 2.39. The summed E-state index contributed by atoms with van der Waals surface area (Å²) < 4.78 is 0. The van der Waals surface area contributed by atoms with E-state index in [-0.39, 0.29) is 0 Å². The molecule has 0 unspecified atom stereocenters. The van der Waals surface area contributed by atoms with E-state index >= 15 is 0 Å². The summed E-state index contributed by atoms with van der Waals surface area (Å²) in [5.74, 6) is 1.06. The van der Waals surface area contributed by atoms with Gasteiger partial charge in [0, 0.05) is 10.6 Å². The molecule has 1 aliphatic heterocycles. The van der Waals surface area contributed by atoms with Gasteiger partial charge in [-0.3, -0.25) is 0 Å². The lowest BCUT2D eigenvalue weighted by Crippen LogP contribution is -2.09. The van der Waals surface area contributed by atoms with Crippen LogP contribution in [0.2, 0.25) is 0 Å². The predicted molar refractivity (Wildman–Crippen MR) is 59.4 cm³/mol. The minimum Gasteiger partial charge on any atom is -0.378 e. The molecule has 1 N–H and O–H groups in total. The zero-order chi connectivity index (χ0) is 9.26. The fraction of sp³-hybridized carbons (Fsp3) is 0.455. The van der Waals surface area contributed by atoms with Crippen LogP contribution in [0, 0.1) is 0 Å². The molecule has 0 radical (unpaired) electrons. The summed E-state index contributed by atoms with van der Waals surface area (Å²) >= 11 is 1.94. The Balaban J connectivity index is 2.34. The van der Waals surface area contributed by atoms with Crippen LogP contribution in [-0.4, -0.2) is 5.88 Å². The smallest absolute Gasteiger partial charge is 0.0655 e. The molecular weight excluding hydrogens is 178 g/mol. The van der Waals surface area contributed by atoms with Crippen molar-refractivity contribution >= 4 is 11.8 Å². The highest BCUT2D eigenvalue weighted by molar-refractivity contribution is 8.03. The number of allylic oxidation sites excluding steroid dienone is 5. The average Bonchev–Trinajstić information content (AvgIpc) is 2.58. The van der Waals surface area contributed by atoms with Gasteiger partial charge in [0.1, 0.15) is 0 Å². The molecule has 0 saturated heterocycles. The predicted octanol–water partition coefficient (Wildman–Crippen LogP) is 3.18. The molecule has 1 heterocycles. The maximum Gasteiger partial charge on any atom is 0.0655 e. The summed E-state index contributed by atoms with van der Waals surface area (Å²) in [5.41, 5.74) is 4.46. The summed E-state index contributed by atoms with van der Waals surface area (Å²) in [6, 6.07) is 0. The normalized spacial score (nSPS) is 22.6. The quantitative estimate of drug-likeness (QED) is 0.686. The van der Waals surface area contributed by atoms with Gasteiger partial charge >= 0.3 is 0 Å². The van der Waals surface area contributed by atoms with Crippen molar-refractivity contribution in [2.75, 3.05) is 5.88 Å². The Morgan fingerprint density at radius 2 is 2.23 bits per heavy atom. The molecule has 0 aromatic heterocycles. The Kier molecular flexibility index (Phi) is 2.49. The number of thioether (sulfide) groups is 1. The van der Waals surface area contributed by atoms with Crippen molar-refractivity contribution < 1.29 is 0 Å². The number of rotatable bonds is 1. The van der Waals surface area contributed by atoms with Crippen molar-refractivity contribution in [1.82, 2.24) is 5.32 Å². The molecular formula is C11H15NS. The van der Waals surface area contributed by atoms with Gasteiger partial charge in [0.25, 0.3) is 0 Å². The van der Waals surface area contributed by atoms with E-state index < -0.39 is 0 Å². The van der Waals surface area contributed by atoms with E-state index in [0.29, 0.717) is 0 Å². The fourth-order valence-electron chi connectivity index (χ4n) is 1.90. The second-order valence-corrected chi connectivity index (χ2v) is 4.41. The summed E-state index contributed by atoms with van der Waals surface area (Å²) in [4.78, 5) is 1.50. The first-order chi connectivity index (χ1) is 6.33. The third kappa shape index (κ3) is 1.55. The van der Waals surface area contributed by atoms with Crippen molar-refractivity contribution in [3.63, 3.8) is 0 Å². The van der Waals surface area contributed by atoms with Crippen LogP contribution < -0.4 is 5.32 Å². The molecule has 2 aliphatic rings. The van der Waals surface area contributed by atoms with E-state index in [1.165, 1.54) is 34.6 Å². The summed E-state index contributed by atoms with van der Waals surface area (Å²) in [5, 5.41) is 3.44. The Morgan fingerprint density at radius 3 is 3.00 bits per heavy atom. The van der Waals surface area contributed by atoms with Crippen molar-refractivity contribution in [3.8, 4) is 0 Å². The standard InChI is InChI=1S/C11H15NS/c1-3-4-9-5-6-10-11(8(9)2)13-7-12-10/h3-4,12H,5-7H2,1-2H3/b4-3-. The third-order valence-corrected chi connectivity index (χ3v) is 3.74. The summed E-state index contributed by atoms with van der Waals surface area (Å²) in [6.45, 7) is 4.33. The maximum atomic E-state index is 3.44. The van der Waals surface area contributed by atoms with Gasteiger partial charge in [0.15, 0.2) is 0 Å². The highest BCUT2D eigenvalue weighted by atomic mass is 32.2. The van der Waals surface area contributed by atoms with Gasteiger partial charge in [-0.2, -0.15) is 0 Å². The van der Waals surface area contributed by atoms with Gasteiger partial charge in [-0.15, -0.1) is 11.8 Å². The molecule has 13 heavy (non-hydrogen) atoms. The molecule has 0 fully saturated rings. The Labute approximate surface area is 84.0 Å². The van der Waals surface area contributed by atoms with Gasteiger partial charge < -0.3 is 5.32 Å². The van der Waals surface area contributed by atoms with Crippen LogP contribution in [0.1, 0.15) is 26.7 Å². The van der Waals surface area contributed by atoms with Gasteiger partial charge in [0.2, 0.25) is 0 Å². The molecule has 0 aromatic rings. The lowest BCUT2D eigenvalue weighted by Gasteiger charge is -2.16. The summed E-state index contributed by atoms with van der Waals surface area (Å²) in [6.07, 6.45) is 6.78.